The molecular weight excluding hydrogens is 398 g/mol. The minimum Gasteiger partial charge on any atom is -0.310 e. The maximum Gasteiger partial charge on any atom is 0.234 e. The first kappa shape index (κ1) is 16.1. The van der Waals surface area contributed by atoms with E-state index in [1.54, 1.807) is 12.3 Å². The van der Waals surface area contributed by atoms with Gasteiger partial charge in [0, 0.05) is 10.7 Å². The molecule has 110 valence electrons. The lowest BCUT2D eigenvalue weighted by Gasteiger charge is -2.15. The molecule has 0 fully saturated rings. The molecular formula is C15H15Br2N3O. The second-order valence-electron chi connectivity index (χ2n) is 4.58. The number of pyridine rings is 2. The summed E-state index contributed by atoms with van der Waals surface area (Å²) in [4.78, 5) is 21.0. The topological polar surface area (TPSA) is 54.9 Å². The third-order valence-electron chi connectivity index (χ3n) is 2.97. The molecule has 6 heteroatoms. The zero-order chi connectivity index (χ0) is 15.2. The molecule has 1 N–H and O–H groups in total. The van der Waals surface area contributed by atoms with Crippen LogP contribution < -0.4 is 5.32 Å². The molecule has 2 aromatic heterocycles. The molecule has 0 aliphatic carbocycles. The van der Waals surface area contributed by atoms with Crippen molar-refractivity contribution >= 4 is 43.6 Å². The number of anilines is 1. The molecule has 0 aliphatic rings. The number of halogens is 2. The van der Waals surface area contributed by atoms with Crippen molar-refractivity contribution in [2.24, 2.45) is 0 Å². The Morgan fingerprint density at radius 3 is 2.71 bits per heavy atom. The number of rotatable bonds is 5. The maximum absolute atomic E-state index is 12.5. The molecule has 1 unspecified atom stereocenters. The van der Waals surface area contributed by atoms with Crippen LogP contribution in [0.2, 0.25) is 0 Å². The van der Waals surface area contributed by atoms with Gasteiger partial charge in [-0.1, -0.05) is 19.4 Å². The van der Waals surface area contributed by atoms with Gasteiger partial charge in [-0.2, -0.15) is 0 Å². The van der Waals surface area contributed by atoms with Gasteiger partial charge in [-0.25, -0.2) is 9.97 Å². The fourth-order valence-electron chi connectivity index (χ4n) is 1.98. The highest BCUT2D eigenvalue weighted by molar-refractivity contribution is 9.10. The Morgan fingerprint density at radius 1 is 1.29 bits per heavy atom. The highest BCUT2D eigenvalue weighted by Crippen LogP contribution is 2.23. The molecule has 0 aliphatic heterocycles. The lowest BCUT2D eigenvalue weighted by molar-refractivity contribution is -0.117. The molecule has 21 heavy (non-hydrogen) atoms. The number of carbonyl (C=O) groups excluding carboxylic acids is 1. The van der Waals surface area contributed by atoms with E-state index >= 15 is 0 Å². The van der Waals surface area contributed by atoms with E-state index in [0.717, 1.165) is 27.6 Å². The van der Waals surface area contributed by atoms with Gasteiger partial charge in [0.1, 0.15) is 10.4 Å². The molecule has 0 bridgehead atoms. The molecule has 4 nitrogen and oxygen atoms in total. The molecule has 2 aromatic rings. The van der Waals surface area contributed by atoms with Gasteiger partial charge in [-0.3, -0.25) is 4.79 Å². The summed E-state index contributed by atoms with van der Waals surface area (Å²) in [5, 5.41) is 2.85. The van der Waals surface area contributed by atoms with E-state index in [2.05, 4.69) is 54.1 Å². The van der Waals surface area contributed by atoms with Gasteiger partial charge < -0.3 is 5.32 Å². The van der Waals surface area contributed by atoms with Crippen LogP contribution in [0.15, 0.2) is 45.6 Å². The average Bonchev–Trinajstić information content (AvgIpc) is 2.47. The third-order valence-corrected chi connectivity index (χ3v) is 3.88. The molecule has 0 radical (unpaired) electrons. The summed E-state index contributed by atoms with van der Waals surface area (Å²) < 4.78 is 1.61. The Bertz CT molecular complexity index is 617. The number of nitrogens with zero attached hydrogens (tertiary/aromatic N) is 2. The third kappa shape index (κ3) is 4.61. The van der Waals surface area contributed by atoms with E-state index in [0.29, 0.717) is 5.82 Å². The lowest BCUT2D eigenvalue weighted by Crippen LogP contribution is -2.22. The van der Waals surface area contributed by atoms with Crippen molar-refractivity contribution in [2.45, 2.75) is 25.7 Å². The first-order chi connectivity index (χ1) is 10.1. The zero-order valence-corrected chi connectivity index (χ0v) is 14.7. The molecule has 1 atom stereocenters. The van der Waals surface area contributed by atoms with E-state index in [9.17, 15) is 4.79 Å². The van der Waals surface area contributed by atoms with E-state index in [1.807, 2.05) is 24.3 Å². The quantitative estimate of drug-likeness (QED) is 0.734. The van der Waals surface area contributed by atoms with Gasteiger partial charge in [-0.15, -0.1) is 0 Å². The Balaban J connectivity index is 2.17. The van der Waals surface area contributed by atoms with Crippen LogP contribution in [0, 0.1) is 0 Å². The lowest BCUT2D eigenvalue weighted by atomic mass is 9.98. The van der Waals surface area contributed by atoms with Crippen LogP contribution in [0.5, 0.6) is 0 Å². The van der Waals surface area contributed by atoms with E-state index in [-0.39, 0.29) is 11.8 Å². The van der Waals surface area contributed by atoms with Crippen molar-refractivity contribution in [3.8, 4) is 0 Å². The first-order valence-corrected chi connectivity index (χ1v) is 8.23. The van der Waals surface area contributed by atoms with Crippen molar-refractivity contribution in [3.63, 3.8) is 0 Å². The second-order valence-corrected chi connectivity index (χ2v) is 6.31. The summed E-state index contributed by atoms with van der Waals surface area (Å²) in [6, 6.07) is 9.22. The van der Waals surface area contributed by atoms with Crippen molar-refractivity contribution in [1.82, 2.24) is 9.97 Å². The Hall–Kier alpha value is -1.27. The summed E-state index contributed by atoms with van der Waals surface area (Å²) in [5.41, 5.74) is 0.765. The minimum absolute atomic E-state index is 0.0859. The number of hydrogen-bond donors (Lipinski definition) is 1. The fraction of sp³-hybridized carbons (Fsp3) is 0.267. The summed E-state index contributed by atoms with van der Waals surface area (Å²) in [7, 11) is 0. The normalized spacial score (nSPS) is 12.0. The van der Waals surface area contributed by atoms with Gasteiger partial charge in [0.05, 0.1) is 11.6 Å². The SMILES string of the molecule is CCCC(C(=O)Nc1ccc(Br)cn1)c1cccc(Br)n1. The second kappa shape index (κ2) is 7.66. The molecule has 2 heterocycles. The highest BCUT2D eigenvalue weighted by Gasteiger charge is 2.21. The monoisotopic (exact) mass is 411 g/mol. The number of nitrogens with one attached hydrogen (secondary N) is 1. The molecule has 0 saturated carbocycles. The van der Waals surface area contributed by atoms with Crippen LogP contribution in [0.1, 0.15) is 31.4 Å². The highest BCUT2D eigenvalue weighted by atomic mass is 79.9. The molecule has 0 saturated heterocycles. The smallest absolute Gasteiger partial charge is 0.234 e. The summed E-state index contributed by atoms with van der Waals surface area (Å²) in [6.07, 6.45) is 3.30. The number of carbonyl (C=O) groups is 1. The maximum atomic E-state index is 12.5. The predicted octanol–water partition coefficient (Wildman–Crippen LogP) is 4.52. The van der Waals surface area contributed by atoms with Crippen LogP contribution in [-0.2, 0) is 4.79 Å². The molecule has 1 amide bonds. The Morgan fingerprint density at radius 2 is 2.10 bits per heavy atom. The summed E-state index contributed by atoms with van der Waals surface area (Å²) >= 11 is 6.66. The van der Waals surface area contributed by atoms with Gasteiger partial charge in [0.2, 0.25) is 5.91 Å². The minimum atomic E-state index is -0.280. The Labute approximate surface area is 140 Å². The molecule has 0 aromatic carbocycles. The van der Waals surface area contributed by atoms with E-state index in [1.165, 1.54) is 0 Å². The first-order valence-electron chi connectivity index (χ1n) is 6.65. The summed E-state index contributed by atoms with van der Waals surface area (Å²) in [5.74, 6) is 0.175. The standard InChI is InChI=1S/C15H15Br2N3O/c1-2-4-11(12-5-3-6-13(17)19-12)15(21)20-14-8-7-10(16)9-18-14/h3,5-9,11H,2,4H2,1H3,(H,18,20,21). The van der Waals surface area contributed by atoms with Crippen molar-refractivity contribution in [1.29, 1.82) is 0 Å². The van der Waals surface area contributed by atoms with Crippen molar-refractivity contribution in [2.75, 3.05) is 5.32 Å². The Kier molecular flexibility index (Phi) is 5.87. The van der Waals surface area contributed by atoms with Crippen LogP contribution in [0.3, 0.4) is 0 Å². The van der Waals surface area contributed by atoms with E-state index in [4.69, 9.17) is 0 Å². The van der Waals surface area contributed by atoms with Gasteiger partial charge in [0.25, 0.3) is 0 Å². The predicted molar refractivity (Wildman–Crippen MR) is 90.2 cm³/mol. The van der Waals surface area contributed by atoms with Gasteiger partial charge in [0.15, 0.2) is 0 Å². The van der Waals surface area contributed by atoms with Crippen molar-refractivity contribution in [3.05, 3.63) is 51.3 Å². The number of amides is 1. The zero-order valence-electron chi connectivity index (χ0n) is 11.5. The number of hydrogen-bond acceptors (Lipinski definition) is 3. The largest absolute Gasteiger partial charge is 0.310 e. The molecule has 2 rings (SSSR count). The summed E-state index contributed by atoms with van der Waals surface area (Å²) in [6.45, 7) is 2.05. The number of aromatic nitrogens is 2. The average molecular weight is 413 g/mol. The van der Waals surface area contributed by atoms with Crippen LogP contribution in [0.25, 0.3) is 0 Å². The van der Waals surface area contributed by atoms with Gasteiger partial charge >= 0.3 is 0 Å². The van der Waals surface area contributed by atoms with Gasteiger partial charge in [-0.05, 0) is 62.5 Å². The van der Waals surface area contributed by atoms with Crippen LogP contribution in [-0.4, -0.2) is 15.9 Å². The van der Waals surface area contributed by atoms with Crippen LogP contribution >= 0.6 is 31.9 Å². The van der Waals surface area contributed by atoms with Crippen LogP contribution in [0.4, 0.5) is 5.82 Å². The molecule has 0 spiro atoms. The van der Waals surface area contributed by atoms with Crippen molar-refractivity contribution < 1.29 is 4.79 Å². The van der Waals surface area contributed by atoms with E-state index < -0.39 is 0 Å². The fourth-order valence-corrected chi connectivity index (χ4v) is 2.58.